The van der Waals surface area contributed by atoms with Crippen molar-refractivity contribution in [3.05, 3.63) is 34.7 Å². The number of hydrogen-bond acceptors (Lipinski definition) is 3. The van der Waals surface area contributed by atoms with Gasteiger partial charge in [0.15, 0.2) is 0 Å². The molecule has 2 nitrogen and oxygen atoms in total. The number of aryl methyl sites for hydroxylation is 2. The van der Waals surface area contributed by atoms with Crippen LogP contribution in [0.3, 0.4) is 0 Å². The van der Waals surface area contributed by atoms with Crippen LogP contribution in [-0.4, -0.2) is 4.98 Å². The summed E-state index contributed by atoms with van der Waals surface area (Å²) >= 11 is 1.62. The predicted octanol–water partition coefficient (Wildman–Crippen LogP) is 3.27. The van der Waals surface area contributed by atoms with Crippen LogP contribution in [0.5, 0.6) is 0 Å². The summed E-state index contributed by atoms with van der Waals surface area (Å²) in [5.41, 5.74) is 9.87. The summed E-state index contributed by atoms with van der Waals surface area (Å²) < 4.78 is 0. The second kappa shape index (κ2) is 3.91. The van der Waals surface area contributed by atoms with E-state index in [1.54, 1.807) is 11.3 Å². The molecule has 0 unspecified atom stereocenters. The maximum atomic E-state index is 5.65. The average Bonchev–Trinajstić information content (AvgIpc) is 2.75. The highest BCUT2D eigenvalue weighted by Crippen LogP contribution is 2.29. The fraction of sp³-hybridized carbons (Fsp3) is 0.308. The minimum atomic E-state index is 0.623. The molecule has 0 amide bonds. The lowest BCUT2D eigenvalue weighted by atomic mass is 9.90. The maximum Gasteiger partial charge on any atom is 0.135 e. The van der Waals surface area contributed by atoms with Crippen molar-refractivity contribution in [2.45, 2.75) is 25.7 Å². The van der Waals surface area contributed by atoms with E-state index in [2.05, 4.69) is 23.2 Å². The lowest BCUT2D eigenvalue weighted by Crippen LogP contribution is -2.02. The second-order valence-electron chi connectivity index (χ2n) is 4.27. The Morgan fingerprint density at radius 2 is 1.94 bits per heavy atom. The molecular weight excluding hydrogens is 216 g/mol. The molecule has 0 fully saturated rings. The normalized spacial score (nSPS) is 14.8. The lowest BCUT2D eigenvalue weighted by Gasteiger charge is -2.15. The molecule has 1 heterocycles. The Morgan fingerprint density at radius 3 is 2.69 bits per heavy atom. The Morgan fingerprint density at radius 1 is 1.12 bits per heavy atom. The van der Waals surface area contributed by atoms with Gasteiger partial charge in [0.05, 0.1) is 0 Å². The fourth-order valence-electron chi connectivity index (χ4n) is 2.29. The zero-order valence-corrected chi connectivity index (χ0v) is 9.89. The first-order valence-electron chi connectivity index (χ1n) is 5.66. The number of rotatable bonds is 1. The van der Waals surface area contributed by atoms with Gasteiger partial charge in [-0.15, -0.1) is 11.3 Å². The largest absolute Gasteiger partial charge is 0.383 e. The molecule has 1 aromatic heterocycles. The van der Waals surface area contributed by atoms with Crippen molar-refractivity contribution < 1.29 is 0 Å². The van der Waals surface area contributed by atoms with Gasteiger partial charge in [0.1, 0.15) is 10.8 Å². The number of nitrogens with two attached hydrogens (primary N) is 1. The number of nitrogen functional groups attached to an aromatic ring is 1. The molecule has 16 heavy (non-hydrogen) atoms. The van der Waals surface area contributed by atoms with Crippen LogP contribution in [0.2, 0.25) is 0 Å². The first-order chi connectivity index (χ1) is 7.83. The van der Waals surface area contributed by atoms with Crippen LogP contribution < -0.4 is 5.73 Å². The summed E-state index contributed by atoms with van der Waals surface area (Å²) in [6.45, 7) is 0. The number of hydrogen-bond donors (Lipinski definition) is 1. The molecular formula is C13H14N2S. The summed E-state index contributed by atoms with van der Waals surface area (Å²) in [4.78, 5) is 4.33. The molecule has 3 rings (SSSR count). The third-order valence-corrected chi connectivity index (χ3v) is 4.03. The fourth-order valence-corrected chi connectivity index (χ4v) is 2.99. The van der Waals surface area contributed by atoms with Crippen LogP contribution in [0, 0.1) is 0 Å². The predicted molar refractivity (Wildman–Crippen MR) is 68.6 cm³/mol. The van der Waals surface area contributed by atoms with Gasteiger partial charge in [-0.2, -0.15) is 0 Å². The van der Waals surface area contributed by atoms with E-state index >= 15 is 0 Å². The van der Waals surface area contributed by atoms with E-state index in [-0.39, 0.29) is 0 Å². The molecule has 82 valence electrons. The molecule has 0 bridgehead atoms. The molecule has 2 N–H and O–H groups in total. The Kier molecular flexibility index (Phi) is 2.40. The summed E-state index contributed by atoms with van der Waals surface area (Å²) in [5.74, 6) is 0.623. The van der Waals surface area contributed by atoms with Gasteiger partial charge in [-0.25, -0.2) is 4.98 Å². The first-order valence-corrected chi connectivity index (χ1v) is 6.54. The highest BCUT2D eigenvalue weighted by atomic mass is 32.1. The van der Waals surface area contributed by atoms with E-state index < -0.39 is 0 Å². The molecule has 0 spiro atoms. The van der Waals surface area contributed by atoms with Crippen LogP contribution >= 0.6 is 11.3 Å². The quantitative estimate of drug-likeness (QED) is 0.816. The monoisotopic (exact) mass is 230 g/mol. The van der Waals surface area contributed by atoms with Crippen LogP contribution in [0.1, 0.15) is 24.0 Å². The molecule has 0 saturated heterocycles. The van der Waals surface area contributed by atoms with E-state index in [0.717, 1.165) is 5.01 Å². The van der Waals surface area contributed by atoms with E-state index in [0.29, 0.717) is 5.82 Å². The number of aromatic nitrogens is 1. The zero-order chi connectivity index (χ0) is 11.0. The zero-order valence-electron chi connectivity index (χ0n) is 9.07. The van der Waals surface area contributed by atoms with Crippen molar-refractivity contribution in [2.75, 3.05) is 5.73 Å². The molecule has 1 aromatic carbocycles. The molecule has 2 aromatic rings. The van der Waals surface area contributed by atoms with Gasteiger partial charge in [0.2, 0.25) is 0 Å². The summed E-state index contributed by atoms with van der Waals surface area (Å²) in [5, 5.41) is 2.93. The molecule has 0 saturated carbocycles. The van der Waals surface area contributed by atoms with Crippen LogP contribution in [0.25, 0.3) is 10.6 Å². The van der Waals surface area contributed by atoms with Crippen molar-refractivity contribution in [3.63, 3.8) is 0 Å². The number of fused-ring (bicyclic) bond motifs is 1. The van der Waals surface area contributed by atoms with Crippen LogP contribution in [0.15, 0.2) is 23.6 Å². The highest BCUT2D eigenvalue weighted by molar-refractivity contribution is 7.13. The van der Waals surface area contributed by atoms with Gasteiger partial charge in [0, 0.05) is 10.9 Å². The maximum absolute atomic E-state index is 5.65. The Balaban J connectivity index is 2.02. The Labute approximate surface area is 99.1 Å². The third kappa shape index (κ3) is 1.71. The molecule has 0 radical (unpaired) electrons. The van der Waals surface area contributed by atoms with Gasteiger partial charge < -0.3 is 5.73 Å². The van der Waals surface area contributed by atoms with Crippen molar-refractivity contribution in [3.8, 4) is 10.6 Å². The van der Waals surface area contributed by atoms with Gasteiger partial charge in [-0.1, -0.05) is 12.1 Å². The van der Waals surface area contributed by atoms with E-state index in [4.69, 9.17) is 5.73 Å². The molecule has 1 aliphatic carbocycles. The summed E-state index contributed by atoms with van der Waals surface area (Å²) in [6.07, 6.45) is 5.09. The number of anilines is 1. The van der Waals surface area contributed by atoms with E-state index in [1.165, 1.54) is 42.4 Å². The Bertz CT molecular complexity index is 516. The van der Waals surface area contributed by atoms with Crippen molar-refractivity contribution in [1.29, 1.82) is 0 Å². The van der Waals surface area contributed by atoms with Crippen LogP contribution in [0.4, 0.5) is 5.82 Å². The van der Waals surface area contributed by atoms with Crippen molar-refractivity contribution in [2.24, 2.45) is 0 Å². The lowest BCUT2D eigenvalue weighted by molar-refractivity contribution is 0.686. The second-order valence-corrected chi connectivity index (χ2v) is 5.13. The van der Waals surface area contributed by atoms with Crippen molar-refractivity contribution >= 4 is 17.2 Å². The van der Waals surface area contributed by atoms with Gasteiger partial charge in [0.25, 0.3) is 0 Å². The molecule has 1 aliphatic rings. The Hall–Kier alpha value is -1.35. The SMILES string of the molecule is Nc1csc(-c2ccc3c(c2)CCCC3)n1. The minimum absolute atomic E-state index is 0.623. The van der Waals surface area contributed by atoms with E-state index in [9.17, 15) is 0 Å². The summed E-state index contributed by atoms with van der Waals surface area (Å²) in [6, 6.07) is 6.70. The smallest absolute Gasteiger partial charge is 0.135 e. The van der Waals surface area contributed by atoms with E-state index in [1.807, 2.05) is 5.38 Å². The van der Waals surface area contributed by atoms with Gasteiger partial charge in [-0.3, -0.25) is 0 Å². The average molecular weight is 230 g/mol. The minimum Gasteiger partial charge on any atom is -0.383 e. The van der Waals surface area contributed by atoms with Crippen molar-refractivity contribution in [1.82, 2.24) is 4.98 Å². The highest BCUT2D eigenvalue weighted by Gasteiger charge is 2.11. The number of benzene rings is 1. The van der Waals surface area contributed by atoms with Crippen LogP contribution in [-0.2, 0) is 12.8 Å². The van der Waals surface area contributed by atoms with Gasteiger partial charge in [-0.05, 0) is 42.9 Å². The number of thiazole rings is 1. The third-order valence-electron chi connectivity index (χ3n) is 3.12. The summed E-state index contributed by atoms with van der Waals surface area (Å²) in [7, 11) is 0. The number of nitrogens with zero attached hydrogens (tertiary/aromatic N) is 1. The molecule has 0 aliphatic heterocycles. The molecule has 3 heteroatoms. The standard InChI is InChI=1S/C13H14N2S/c14-12-8-16-13(15-12)11-6-5-9-3-1-2-4-10(9)7-11/h5-8H,1-4,14H2. The topological polar surface area (TPSA) is 38.9 Å². The van der Waals surface area contributed by atoms with Gasteiger partial charge >= 0.3 is 0 Å². The first kappa shape index (κ1) is 9.85. The molecule has 0 atom stereocenters.